The van der Waals surface area contributed by atoms with Crippen LogP contribution in [-0.4, -0.2) is 87.4 Å². The smallest absolute Gasteiger partial charge is 0.361 e. The molecule has 0 aliphatic carbocycles. The average Bonchev–Trinajstić information content (AvgIpc) is 3.71. The number of esters is 2. The van der Waals surface area contributed by atoms with Gasteiger partial charge < -0.3 is 28.5 Å². The van der Waals surface area contributed by atoms with E-state index in [1.165, 1.54) is 244 Å². The Labute approximate surface area is 551 Å². The molecule has 0 aromatic heterocycles. The van der Waals surface area contributed by atoms with Gasteiger partial charge in [0.15, 0.2) is 6.10 Å². The Kier molecular flexibility index (Phi) is 68.0. The summed E-state index contributed by atoms with van der Waals surface area (Å²) in [6.45, 7) is 4.81. The van der Waals surface area contributed by atoms with E-state index in [9.17, 15) is 19.5 Å². The largest absolute Gasteiger partial charge is 0.477 e. The zero-order chi connectivity index (χ0) is 64.7. The fourth-order valence-corrected chi connectivity index (χ4v) is 11.2. The van der Waals surface area contributed by atoms with Crippen LogP contribution in [0.5, 0.6) is 0 Å². The fourth-order valence-electron chi connectivity index (χ4n) is 11.2. The Hall–Kier alpha value is -3.27. The summed E-state index contributed by atoms with van der Waals surface area (Å²) >= 11 is 0. The Bertz CT molecular complexity index is 1690. The molecule has 0 saturated heterocycles. The second-order valence-electron chi connectivity index (χ2n) is 26.9. The Morgan fingerprint density at radius 2 is 0.640 bits per heavy atom. The molecule has 0 amide bonds. The molecule has 89 heavy (non-hydrogen) atoms. The number of carboxylic acid groups (broad SMARTS) is 1. The lowest BCUT2D eigenvalue weighted by Gasteiger charge is -2.25. The van der Waals surface area contributed by atoms with Crippen LogP contribution in [0.15, 0.2) is 72.9 Å². The van der Waals surface area contributed by atoms with Gasteiger partial charge in [0.25, 0.3) is 6.29 Å². The summed E-state index contributed by atoms with van der Waals surface area (Å²) in [5.41, 5.74) is 0. The normalized spacial score (nSPS) is 13.0. The first kappa shape index (κ1) is 85.7. The van der Waals surface area contributed by atoms with Crippen LogP contribution >= 0.6 is 0 Å². The van der Waals surface area contributed by atoms with E-state index in [1.807, 2.05) is 21.1 Å². The van der Waals surface area contributed by atoms with Crippen molar-refractivity contribution in [3.63, 3.8) is 0 Å². The molecule has 0 aliphatic rings. The number of rotatable bonds is 71. The second-order valence-corrected chi connectivity index (χ2v) is 26.9. The third kappa shape index (κ3) is 72.0. The molecule has 0 aromatic rings. The summed E-state index contributed by atoms with van der Waals surface area (Å²) in [7, 11) is 5.99. The van der Waals surface area contributed by atoms with E-state index in [0.29, 0.717) is 23.9 Å². The van der Waals surface area contributed by atoms with Crippen molar-refractivity contribution in [1.82, 2.24) is 0 Å². The topological polar surface area (TPSA) is 108 Å². The highest BCUT2D eigenvalue weighted by Crippen LogP contribution is 2.19. The molecule has 0 spiro atoms. The monoisotopic (exact) mass is 1250 g/mol. The molecule has 2 unspecified atom stereocenters. The zero-order valence-electron chi connectivity index (χ0n) is 59.3. The SMILES string of the molecule is CC/C=C\C/C=C\C/C=C\C/C=C\C/C=C\C/C=C\CCCCCCCCCCCCC(=O)OC(COC(=O)CCCCCCCCCCCCCCCCCCCCCCCCCCCCCCCCCCCCC)COC(OCC[N+](C)(C)C)C(=O)O. The van der Waals surface area contributed by atoms with Crippen molar-refractivity contribution < 1.29 is 42.9 Å². The van der Waals surface area contributed by atoms with Crippen LogP contribution in [0.1, 0.15) is 361 Å². The number of carboxylic acids is 1. The van der Waals surface area contributed by atoms with Gasteiger partial charge in [0, 0.05) is 12.8 Å². The summed E-state index contributed by atoms with van der Waals surface area (Å²) in [4.78, 5) is 37.7. The van der Waals surface area contributed by atoms with Crippen molar-refractivity contribution in [2.75, 3.05) is 47.5 Å². The molecule has 0 rings (SSSR count). The number of ether oxygens (including phenoxy) is 4. The first-order valence-electron chi connectivity index (χ1n) is 38.1. The number of carbonyl (C=O) groups excluding carboxylic acids is 2. The number of hydrogen-bond acceptors (Lipinski definition) is 7. The van der Waals surface area contributed by atoms with Crippen molar-refractivity contribution in [2.45, 2.75) is 373 Å². The number of carbonyl (C=O) groups is 3. The van der Waals surface area contributed by atoms with Crippen molar-refractivity contribution in [3.8, 4) is 0 Å². The molecule has 2 atom stereocenters. The molecule has 0 saturated carbocycles. The first-order chi connectivity index (χ1) is 43.6. The highest BCUT2D eigenvalue weighted by Gasteiger charge is 2.25. The molecule has 0 fully saturated rings. The van der Waals surface area contributed by atoms with E-state index in [1.54, 1.807) is 0 Å². The summed E-state index contributed by atoms with van der Waals surface area (Å²) in [6, 6.07) is 0. The van der Waals surface area contributed by atoms with Crippen molar-refractivity contribution in [3.05, 3.63) is 72.9 Å². The number of unbranched alkanes of at least 4 members (excludes halogenated alkanes) is 44. The predicted octanol–water partition coefficient (Wildman–Crippen LogP) is 24.0. The van der Waals surface area contributed by atoms with Gasteiger partial charge in [0.2, 0.25) is 0 Å². The zero-order valence-corrected chi connectivity index (χ0v) is 59.3. The molecule has 1 N–H and O–H groups in total. The van der Waals surface area contributed by atoms with Crippen LogP contribution in [-0.2, 0) is 33.3 Å². The number of hydrogen-bond donors (Lipinski definition) is 1. The molecule has 0 bridgehead atoms. The van der Waals surface area contributed by atoms with Gasteiger partial charge in [-0.3, -0.25) is 9.59 Å². The van der Waals surface area contributed by atoms with Crippen LogP contribution in [0.2, 0.25) is 0 Å². The van der Waals surface area contributed by atoms with Crippen LogP contribution in [0.4, 0.5) is 0 Å². The molecule has 0 aromatic carbocycles. The van der Waals surface area contributed by atoms with Crippen molar-refractivity contribution >= 4 is 17.9 Å². The third-order valence-electron chi connectivity index (χ3n) is 17.0. The Morgan fingerprint density at radius 1 is 0.348 bits per heavy atom. The van der Waals surface area contributed by atoms with Crippen molar-refractivity contribution in [1.29, 1.82) is 0 Å². The lowest BCUT2D eigenvalue weighted by molar-refractivity contribution is -0.870. The number of likely N-dealkylation sites (N-methyl/N-ethyl adjacent to an activating group) is 1. The first-order valence-corrected chi connectivity index (χ1v) is 38.1. The third-order valence-corrected chi connectivity index (χ3v) is 17.0. The Morgan fingerprint density at radius 3 is 0.955 bits per heavy atom. The molecular formula is C80H146NO8+. The lowest BCUT2D eigenvalue weighted by Crippen LogP contribution is -2.40. The van der Waals surface area contributed by atoms with Crippen LogP contribution < -0.4 is 0 Å². The summed E-state index contributed by atoms with van der Waals surface area (Å²) in [6.07, 6.45) is 91.9. The van der Waals surface area contributed by atoms with Gasteiger partial charge >= 0.3 is 17.9 Å². The van der Waals surface area contributed by atoms with Gasteiger partial charge in [0.05, 0.1) is 34.4 Å². The van der Waals surface area contributed by atoms with E-state index >= 15 is 0 Å². The number of nitrogens with zero attached hydrogens (tertiary/aromatic N) is 1. The maximum absolute atomic E-state index is 13.0. The van der Waals surface area contributed by atoms with Gasteiger partial charge in [-0.15, -0.1) is 0 Å². The standard InChI is InChI=1S/C80H145NO8/c1-6-8-10-12-14-16-18-20-22-24-26-28-30-32-34-36-37-38-39-40-41-43-44-46-48-50-52-54-56-58-60-62-64-66-68-70-77(82)87-74-76(75-88-80(79(84)85)86-73-72-81(3,4)5)89-78(83)71-69-67-65-63-61-59-57-55-53-51-49-47-45-42-35-33-31-29-27-25-23-21-19-17-15-13-11-9-7-2/h9,11,15,17,21,23,27,29,33,35,45,47,76,80H,6-8,10,12-14,16,18-20,22,24-26,28,30-32,34,36-44,46,48-75H2,1-5H3/p+1/b11-9-,17-15-,23-21-,29-27-,35-33-,47-45-. The van der Waals surface area contributed by atoms with E-state index in [2.05, 4.69) is 86.8 Å². The van der Waals surface area contributed by atoms with Gasteiger partial charge in [-0.2, -0.15) is 0 Å². The minimum Gasteiger partial charge on any atom is -0.477 e. The molecule has 9 nitrogen and oxygen atoms in total. The average molecular weight is 1250 g/mol. The summed E-state index contributed by atoms with van der Waals surface area (Å²) < 4.78 is 23.0. The second kappa shape index (κ2) is 70.6. The predicted molar refractivity (Wildman–Crippen MR) is 383 cm³/mol. The maximum atomic E-state index is 13.0. The van der Waals surface area contributed by atoms with E-state index in [0.717, 1.165) is 83.5 Å². The molecule has 0 heterocycles. The van der Waals surface area contributed by atoms with Crippen LogP contribution in [0.3, 0.4) is 0 Å². The quantitative estimate of drug-likeness (QED) is 0.0211. The van der Waals surface area contributed by atoms with Crippen molar-refractivity contribution in [2.24, 2.45) is 0 Å². The molecular weight excluding hydrogens is 1100 g/mol. The molecule has 0 radical (unpaired) electrons. The number of allylic oxidation sites excluding steroid dienone is 12. The highest BCUT2D eigenvalue weighted by atomic mass is 16.7. The van der Waals surface area contributed by atoms with Gasteiger partial charge in [0.1, 0.15) is 13.2 Å². The van der Waals surface area contributed by atoms with E-state index < -0.39 is 24.3 Å². The molecule has 518 valence electrons. The Balaban J connectivity index is 4.03. The lowest BCUT2D eigenvalue weighted by atomic mass is 10.0. The van der Waals surface area contributed by atoms with Gasteiger partial charge in [-0.25, -0.2) is 4.79 Å². The fraction of sp³-hybridized carbons (Fsp3) is 0.812. The molecule has 0 aliphatic heterocycles. The number of aliphatic carboxylic acids is 1. The molecule has 9 heteroatoms. The number of quaternary nitrogens is 1. The minimum absolute atomic E-state index is 0.183. The van der Waals surface area contributed by atoms with Gasteiger partial charge in [-0.1, -0.05) is 356 Å². The van der Waals surface area contributed by atoms with Crippen LogP contribution in [0.25, 0.3) is 0 Å². The van der Waals surface area contributed by atoms with E-state index in [4.69, 9.17) is 18.9 Å². The highest BCUT2D eigenvalue weighted by molar-refractivity contribution is 5.71. The van der Waals surface area contributed by atoms with Crippen LogP contribution in [0, 0.1) is 0 Å². The summed E-state index contributed by atoms with van der Waals surface area (Å²) in [5.74, 6) is -1.99. The van der Waals surface area contributed by atoms with Gasteiger partial charge in [-0.05, 0) is 64.2 Å². The summed E-state index contributed by atoms with van der Waals surface area (Å²) in [5, 5.41) is 9.76. The maximum Gasteiger partial charge on any atom is 0.361 e. The minimum atomic E-state index is -1.51. The van der Waals surface area contributed by atoms with E-state index in [-0.39, 0.29) is 32.2 Å².